The van der Waals surface area contributed by atoms with Gasteiger partial charge in [0.25, 0.3) is 0 Å². The van der Waals surface area contributed by atoms with Crippen LogP contribution in [0, 0.1) is 5.41 Å². The van der Waals surface area contributed by atoms with Crippen molar-refractivity contribution in [3.8, 4) is 0 Å². The molecular weight excluding hydrogens is 959 g/mol. The van der Waals surface area contributed by atoms with E-state index < -0.39 is 127 Å². The van der Waals surface area contributed by atoms with Gasteiger partial charge in [-0.25, -0.2) is 0 Å². The number of nitrogens with zero attached hydrogens (tertiary/aromatic N) is 2. The van der Waals surface area contributed by atoms with Crippen LogP contribution in [0.4, 0.5) is 0 Å². The number of carbonyl (C=O) groups excluding carboxylic acids is 4. The van der Waals surface area contributed by atoms with Crippen molar-refractivity contribution in [2.24, 2.45) is 5.41 Å². The molecule has 2 bridgehead atoms. The Morgan fingerprint density at radius 1 is 0.905 bits per heavy atom. The maximum Gasteiger partial charge on any atom is 0.327 e. The van der Waals surface area contributed by atoms with Crippen LogP contribution in [0.2, 0.25) is 0 Å². The number of likely N-dealkylation sites (N-methyl/N-ethyl adjacent to an activating group) is 1. The lowest BCUT2D eigenvalue weighted by Crippen LogP contribution is -2.70. The van der Waals surface area contributed by atoms with E-state index in [1.54, 1.807) is 40.0 Å². The second-order valence-corrected chi connectivity index (χ2v) is 21.5. The second-order valence-electron chi connectivity index (χ2n) is 21.5. The third kappa shape index (κ3) is 13.1. The highest BCUT2D eigenvalue weighted by Crippen LogP contribution is 2.58. The number of amides is 2. The van der Waals surface area contributed by atoms with Gasteiger partial charge in [-0.2, -0.15) is 5.06 Å². The first-order valence-corrected chi connectivity index (χ1v) is 26.5. The van der Waals surface area contributed by atoms with Crippen molar-refractivity contribution >= 4 is 29.8 Å². The Labute approximate surface area is 434 Å². The summed E-state index contributed by atoms with van der Waals surface area (Å²) in [6.45, 7) is 8.53. The molecule has 19 heteroatoms. The number of ether oxygens (including phenoxy) is 6. The lowest BCUT2D eigenvalue weighted by Gasteiger charge is -2.50. The van der Waals surface area contributed by atoms with E-state index in [4.69, 9.17) is 33.3 Å². The van der Waals surface area contributed by atoms with Crippen molar-refractivity contribution < 1.29 is 78.0 Å². The van der Waals surface area contributed by atoms with Crippen LogP contribution in [-0.4, -0.2) is 171 Å². The van der Waals surface area contributed by atoms with Gasteiger partial charge in [0.1, 0.15) is 65.9 Å². The summed E-state index contributed by atoms with van der Waals surface area (Å²) in [5.41, 5.74) is -0.0455. The zero-order valence-corrected chi connectivity index (χ0v) is 43.7. The zero-order chi connectivity index (χ0) is 53.4. The quantitative estimate of drug-likeness (QED) is 0.0614. The van der Waals surface area contributed by atoms with E-state index in [0.29, 0.717) is 12.8 Å². The minimum atomic E-state index is -1.60. The number of hydrogen-bond acceptors (Lipinski definition) is 17. The maximum atomic E-state index is 15.9. The molecule has 1 aliphatic carbocycles. The lowest BCUT2D eigenvalue weighted by molar-refractivity contribution is -0.298. The van der Waals surface area contributed by atoms with E-state index in [9.17, 15) is 39.9 Å². The summed E-state index contributed by atoms with van der Waals surface area (Å²) in [4.78, 5) is 66.3. The summed E-state index contributed by atoms with van der Waals surface area (Å²) in [5, 5.41) is 54.9. The van der Waals surface area contributed by atoms with Crippen LogP contribution in [0.25, 0.3) is 6.08 Å². The molecule has 0 aromatic heterocycles. The largest absolute Gasteiger partial charge is 0.460 e. The van der Waals surface area contributed by atoms with Gasteiger partial charge in [0.15, 0.2) is 18.1 Å². The summed E-state index contributed by atoms with van der Waals surface area (Å²) >= 11 is 0. The number of unbranched alkanes of at least 4 members (excludes halogenated alkanes) is 4. The monoisotopic (exact) mass is 1040 g/mol. The van der Waals surface area contributed by atoms with Gasteiger partial charge in [0.05, 0.1) is 32.4 Å². The molecule has 2 unspecified atom stereocenters. The van der Waals surface area contributed by atoms with Crippen LogP contribution in [0.15, 0.2) is 60.7 Å². The molecule has 4 aliphatic heterocycles. The molecular formula is C55H79N3O16. The first-order valence-electron chi connectivity index (χ1n) is 26.5. The lowest BCUT2D eigenvalue weighted by atomic mass is 9.62. The van der Waals surface area contributed by atoms with Crippen molar-refractivity contribution in [2.45, 2.75) is 203 Å². The number of fused-ring (bicyclic) bond motifs is 4. The number of aliphatic hydroxyl groups is 5. The van der Waals surface area contributed by atoms with Crippen LogP contribution in [0.5, 0.6) is 0 Å². The smallest absolute Gasteiger partial charge is 0.327 e. The molecule has 6 N–H and O–H groups in total. The molecule has 5 fully saturated rings. The van der Waals surface area contributed by atoms with Crippen LogP contribution in [0.3, 0.4) is 0 Å². The minimum absolute atomic E-state index is 0.0286. The van der Waals surface area contributed by atoms with E-state index in [0.717, 1.165) is 55.2 Å². The highest BCUT2D eigenvalue weighted by Gasteiger charge is 2.77. The molecule has 74 heavy (non-hydrogen) atoms. The van der Waals surface area contributed by atoms with Crippen LogP contribution >= 0.6 is 0 Å². The Bertz CT molecular complexity index is 2200. The third-order valence-corrected chi connectivity index (χ3v) is 14.9. The second kappa shape index (κ2) is 25.2. The highest BCUT2D eigenvalue weighted by atomic mass is 16.8. The molecule has 410 valence electrons. The molecule has 19 nitrogen and oxygen atoms in total. The fourth-order valence-corrected chi connectivity index (χ4v) is 11.0. The van der Waals surface area contributed by atoms with Gasteiger partial charge in [0.2, 0.25) is 11.8 Å². The molecule has 2 aromatic rings. The van der Waals surface area contributed by atoms with E-state index in [2.05, 4.69) is 19.2 Å². The zero-order valence-electron chi connectivity index (χ0n) is 43.7. The van der Waals surface area contributed by atoms with Gasteiger partial charge in [-0.15, -0.1) is 0 Å². The average molecular weight is 1040 g/mol. The average Bonchev–Trinajstić information content (AvgIpc) is 3.93. The summed E-state index contributed by atoms with van der Waals surface area (Å²) in [6.07, 6.45) is 0.0418. The molecule has 2 aromatic carbocycles. The fourth-order valence-electron chi connectivity index (χ4n) is 11.0. The summed E-state index contributed by atoms with van der Waals surface area (Å²) in [6, 6.07) is 13.4. The van der Waals surface area contributed by atoms with Gasteiger partial charge >= 0.3 is 11.9 Å². The summed E-state index contributed by atoms with van der Waals surface area (Å²) in [5.74, 6) is -3.20. The molecule has 2 amide bonds. The van der Waals surface area contributed by atoms with Gasteiger partial charge in [-0.3, -0.25) is 24.0 Å². The number of benzene rings is 2. The Hall–Kier alpha value is -4.38. The fraction of sp³-hybridized carbons (Fsp3) is 0.673. The van der Waals surface area contributed by atoms with Crippen molar-refractivity contribution in [1.82, 2.24) is 15.3 Å². The predicted octanol–water partition coefficient (Wildman–Crippen LogP) is 3.63. The number of hydroxylamine groups is 2. The maximum absolute atomic E-state index is 15.9. The van der Waals surface area contributed by atoms with E-state index >= 15 is 4.79 Å². The Morgan fingerprint density at radius 2 is 1.58 bits per heavy atom. The molecule has 5 aliphatic rings. The molecule has 1 saturated carbocycles. The van der Waals surface area contributed by atoms with Gasteiger partial charge in [-0.1, -0.05) is 106 Å². The van der Waals surface area contributed by atoms with E-state index in [1.807, 2.05) is 54.6 Å². The normalized spacial score (nSPS) is 30.1. The molecule has 7 rings (SSSR count). The van der Waals surface area contributed by atoms with Crippen molar-refractivity contribution in [3.63, 3.8) is 0 Å². The number of esters is 2. The van der Waals surface area contributed by atoms with Gasteiger partial charge in [-0.05, 0) is 56.7 Å². The summed E-state index contributed by atoms with van der Waals surface area (Å²) < 4.78 is 36.9. The number of hydrogen-bond donors (Lipinski definition) is 6. The first-order chi connectivity index (χ1) is 35.4. The first kappa shape index (κ1) is 57.3. The summed E-state index contributed by atoms with van der Waals surface area (Å²) in [7, 11) is 1.55. The van der Waals surface area contributed by atoms with E-state index in [1.165, 1.54) is 9.96 Å². The predicted molar refractivity (Wildman–Crippen MR) is 268 cm³/mol. The van der Waals surface area contributed by atoms with Crippen molar-refractivity contribution in [2.75, 3.05) is 26.9 Å². The Balaban J connectivity index is 1.17. The van der Waals surface area contributed by atoms with Crippen LogP contribution in [-0.2, 0) is 65.4 Å². The van der Waals surface area contributed by atoms with Crippen LogP contribution < -0.4 is 5.32 Å². The SMILES string of the molecule is CCCCCC1(CCCCC)O[C@@H]2[C@H]3ON(Cc4ccc(C=CCO[C@H]5O[C@H](CO)[C@H](O)[C@H](O)[C@H]5O)cc4)[C@H]4C(=O)OC(CC34C(=O)N(C)[C@H](Cc3ccccc3)C(=O)N[C@H](CO)CCC(=O)OC(C)(C)C)[C@@H]2O1. The van der Waals surface area contributed by atoms with Gasteiger partial charge in [0, 0.05) is 39.2 Å². The standard InChI is InChI=1S/C55H79N3O16/c1-7-9-14-26-54(27-15-10-8-2)72-45-39-30-55(52(67)57(6)38(29-35-17-12-11-13-18-35)49(65)56-37(32-59)24-25-41(61)71-53(3,4)5)47(50(66)69-39)58(74-48(55)46(45)73-54)31-36-22-20-34(21-23-36)19-16-28-68-51-44(64)43(63)42(62)40(33-60)70-51/h11-13,16-23,37-40,42-48,51,59-60,62-64H,7-10,14-15,24-33H2,1-6H3,(H,56,65)/t37-,38+,39?,40+,42-,43-,44+,45-,46-,47-,48+,51-,55?/m0/s1. The van der Waals surface area contributed by atoms with E-state index in [-0.39, 0.29) is 38.8 Å². The number of rotatable bonds is 25. The van der Waals surface area contributed by atoms with Gasteiger partial charge < -0.3 is 64.2 Å². The topological polar surface area (TPSA) is 253 Å². The third-order valence-electron chi connectivity index (χ3n) is 14.9. The molecule has 0 radical (unpaired) electrons. The molecule has 13 atom stereocenters. The molecule has 4 heterocycles. The van der Waals surface area contributed by atoms with Crippen molar-refractivity contribution in [1.29, 1.82) is 0 Å². The number of aliphatic hydroxyl groups excluding tert-OH is 5. The van der Waals surface area contributed by atoms with Crippen LogP contribution in [0.1, 0.15) is 122 Å². The Morgan fingerprint density at radius 3 is 2.22 bits per heavy atom. The van der Waals surface area contributed by atoms with Crippen molar-refractivity contribution in [3.05, 3.63) is 77.4 Å². The number of carbonyl (C=O) groups is 4. The highest BCUT2D eigenvalue weighted by molar-refractivity contribution is 5.96. The number of nitrogens with one attached hydrogen (secondary N) is 1. The molecule has 0 spiro atoms. The minimum Gasteiger partial charge on any atom is -0.460 e. The molecule has 4 saturated heterocycles. The Kier molecular flexibility index (Phi) is 19.5.